The van der Waals surface area contributed by atoms with Crippen molar-refractivity contribution in [2.24, 2.45) is 0 Å². The summed E-state index contributed by atoms with van der Waals surface area (Å²) in [5, 5.41) is 2.76. The number of hydrogen-bond donors (Lipinski definition) is 1. The molecule has 1 amide bonds. The lowest BCUT2D eigenvalue weighted by Crippen LogP contribution is -2.54. The van der Waals surface area contributed by atoms with Crippen molar-refractivity contribution in [2.75, 3.05) is 37.6 Å². The Morgan fingerprint density at radius 3 is 2.54 bits per heavy atom. The highest BCUT2D eigenvalue weighted by Gasteiger charge is 2.31. The SMILES string of the molecule is C=CCNC(=O)C(C)N1CCN(c2ccc(C(F)(F)F)cn2)CC1. The Bertz CT molecular complexity index is 566. The van der Waals surface area contributed by atoms with E-state index in [2.05, 4.69) is 16.9 Å². The molecule has 1 unspecified atom stereocenters. The first-order chi connectivity index (χ1) is 11.3. The molecule has 2 rings (SSSR count). The van der Waals surface area contributed by atoms with Crippen molar-refractivity contribution in [3.05, 3.63) is 36.5 Å². The van der Waals surface area contributed by atoms with Crippen molar-refractivity contribution in [1.29, 1.82) is 0 Å². The van der Waals surface area contributed by atoms with Crippen LogP contribution in [0.1, 0.15) is 12.5 Å². The second-order valence-electron chi connectivity index (χ2n) is 5.64. The Labute approximate surface area is 139 Å². The Morgan fingerprint density at radius 2 is 2.04 bits per heavy atom. The molecular weight excluding hydrogens is 321 g/mol. The molecule has 2 heterocycles. The number of piperazine rings is 1. The number of halogens is 3. The zero-order chi connectivity index (χ0) is 17.7. The van der Waals surface area contributed by atoms with Crippen LogP contribution in [0.2, 0.25) is 0 Å². The number of rotatable bonds is 5. The van der Waals surface area contributed by atoms with Crippen LogP contribution in [-0.2, 0) is 11.0 Å². The Kier molecular flexibility index (Phi) is 5.82. The summed E-state index contributed by atoms with van der Waals surface area (Å²) in [5.41, 5.74) is -0.752. The highest BCUT2D eigenvalue weighted by molar-refractivity contribution is 5.81. The van der Waals surface area contributed by atoms with Crippen LogP contribution in [-0.4, -0.2) is 54.6 Å². The molecule has 0 saturated carbocycles. The van der Waals surface area contributed by atoms with Crippen LogP contribution in [0.25, 0.3) is 0 Å². The number of aromatic nitrogens is 1. The minimum atomic E-state index is -4.38. The number of carbonyl (C=O) groups is 1. The van der Waals surface area contributed by atoms with Crippen LogP contribution in [0.3, 0.4) is 0 Å². The van der Waals surface area contributed by atoms with Crippen molar-refractivity contribution in [1.82, 2.24) is 15.2 Å². The molecule has 0 aliphatic carbocycles. The van der Waals surface area contributed by atoms with Gasteiger partial charge in [-0.2, -0.15) is 13.2 Å². The normalized spacial score (nSPS) is 17.4. The number of pyridine rings is 1. The number of alkyl halides is 3. The molecule has 1 aliphatic heterocycles. The molecule has 1 aromatic heterocycles. The highest BCUT2D eigenvalue weighted by atomic mass is 19.4. The van der Waals surface area contributed by atoms with E-state index in [9.17, 15) is 18.0 Å². The molecule has 0 bridgehead atoms. The molecule has 0 radical (unpaired) electrons. The summed E-state index contributed by atoms with van der Waals surface area (Å²) in [4.78, 5) is 19.8. The maximum atomic E-state index is 12.6. The Balaban J connectivity index is 1.90. The summed E-state index contributed by atoms with van der Waals surface area (Å²) in [6.45, 7) is 8.33. The molecule has 5 nitrogen and oxygen atoms in total. The summed E-state index contributed by atoms with van der Waals surface area (Å²) >= 11 is 0. The van der Waals surface area contributed by atoms with Gasteiger partial charge in [0.05, 0.1) is 11.6 Å². The van der Waals surface area contributed by atoms with E-state index >= 15 is 0 Å². The quantitative estimate of drug-likeness (QED) is 0.831. The first-order valence-corrected chi connectivity index (χ1v) is 7.74. The van der Waals surface area contributed by atoms with Crippen molar-refractivity contribution >= 4 is 11.7 Å². The third-order valence-corrected chi connectivity index (χ3v) is 4.06. The van der Waals surface area contributed by atoms with E-state index in [1.165, 1.54) is 6.07 Å². The second-order valence-corrected chi connectivity index (χ2v) is 5.64. The number of nitrogens with zero attached hydrogens (tertiary/aromatic N) is 3. The van der Waals surface area contributed by atoms with Gasteiger partial charge in [0.25, 0.3) is 0 Å². The van der Waals surface area contributed by atoms with Crippen LogP contribution < -0.4 is 10.2 Å². The first-order valence-electron chi connectivity index (χ1n) is 7.74. The Morgan fingerprint density at radius 1 is 1.38 bits per heavy atom. The van der Waals surface area contributed by atoms with Crippen LogP contribution in [0.5, 0.6) is 0 Å². The molecule has 8 heteroatoms. The second kappa shape index (κ2) is 7.65. The topological polar surface area (TPSA) is 48.5 Å². The number of amides is 1. The highest BCUT2D eigenvalue weighted by Crippen LogP contribution is 2.29. The number of hydrogen-bond acceptors (Lipinski definition) is 4. The fraction of sp³-hybridized carbons (Fsp3) is 0.500. The van der Waals surface area contributed by atoms with E-state index in [1.807, 2.05) is 16.7 Å². The summed E-state index contributed by atoms with van der Waals surface area (Å²) in [6, 6.07) is 2.17. The minimum Gasteiger partial charge on any atom is -0.354 e. The van der Waals surface area contributed by atoms with E-state index in [-0.39, 0.29) is 11.9 Å². The van der Waals surface area contributed by atoms with E-state index in [1.54, 1.807) is 6.08 Å². The van der Waals surface area contributed by atoms with Crippen molar-refractivity contribution < 1.29 is 18.0 Å². The van der Waals surface area contributed by atoms with Crippen LogP contribution in [0, 0.1) is 0 Å². The number of carbonyl (C=O) groups excluding carboxylic acids is 1. The molecule has 0 aromatic carbocycles. The lowest BCUT2D eigenvalue weighted by molar-refractivity contribution is -0.137. The monoisotopic (exact) mass is 342 g/mol. The van der Waals surface area contributed by atoms with E-state index < -0.39 is 11.7 Å². The van der Waals surface area contributed by atoms with Gasteiger partial charge in [0.1, 0.15) is 5.82 Å². The fourth-order valence-corrected chi connectivity index (χ4v) is 2.57. The summed E-state index contributed by atoms with van der Waals surface area (Å²) < 4.78 is 37.7. The zero-order valence-electron chi connectivity index (χ0n) is 13.5. The fourth-order valence-electron chi connectivity index (χ4n) is 2.57. The summed E-state index contributed by atoms with van der Waals surface area (Å²) in [6.07, 6.45) is -1.90. The minimum absolute atomic E-state index is 0.0593. The third-order valence-electron chi connectivity index (χ3n) is 4.06. The van der Waals surface area contributed by atoms with Gasteiger partial charge in [-0.05, 0) is 19.1 Å². The summed E-state index contributed by atoms with van der Waals surface area (Å²) in [5.74, 6) is 0.461. The summed E-state index contributed by atoms with van der Waals surface area (Å²) in [7, 11) is 0. The lowest BCUT2D eigenvalue weighted by Gasteiger charge is -2.38. The lowest BCUT2D eigenvalue weighted by atomic mass is 10.2. The predicted molar refractivity (Wildman–Crippen MR) is 85.7 cm³/mol. The van der Waals surface area contributed by atoms with Gasteiger partial charge in [-0.1, -0.05) is 6.08 Å². The van der Waals surface area contributed by atoms with Crippen LogP contribution >= 0.6 is 0 Å². The van der Waals surface area contributed by atoms with Crippen LogP contribution in [0.15, 0.2) is 31.0 Å². The van der Waals surface area contributed by atoms with Gasteiger partial charge in [0.2, 0.25) is 5.91 Å². The largest absolute Gasteiger partial charge is 0.417 e. The number of nitrogens with one attached hydrogen (secondary N) is 1. The molecule has 24 heavy (non-hydrogen) atoms. The zero-order valence-corrected chi connectivity index (χ0v) is 13.5. The molecule has 132 valence electrons. The maximum Gasteiger partial charge on any atom is 0.417 e. The average molecular weight is 342 g/mol. The standard InChI is InChI=1S/C16H21F3N4O/c1-3-6-20-15(24)12(2)22-7-9-23(10-8-22)14-5-4-13(11-21-14)16(17,18)19/h3-5,11-12H,1,6-10H2,2H3,(H,20,24). The molecule has 1 N–H and O–H groups in total. The first kappa shape index (κ1) is 18.3. The van der Waals surface area contributed by atoms with Gasteiger partial charge >= 0.3 is 6.18 Å². The van der Waals surface area contributed by atoms with Gasteiger partial charge in [-0.25, -0.2) is 4.98 Å². The number of anilines is 1. The molecule has 1 saturated heterocycles. The van der Waals surface area contributed by atoms with Gasteiger partial charge in [-0.3, -0.25) is 9.69 Å². The van der Waals surface area contributed by atoms with Crippen molar-refractivity contribution in [2.45, 2.75) is 19.1 Å². The van der Waals surface area contributed by atoms with Gasteiger partial charge in [0, 0.05) is 38.9 Å². The van der Waals surface area contributed by atoms with Gasteiger partial charge < -0.3 is 10.2 Å². The van der Waals surface area contributed by atoms with Crippen LogP contribution in [0.4, 0.5) is 19.0 Å². The maximum absolute atomic E-state index is 12.6. The third kappa shape index (κ3) is 4.47. The molecule has 1 fully saturated rings. The van der Waals surface area contributed by atoms with Gasteiger partial charge in [-0.15, -0.1) is 6.58 Å². The molecule has 1 aromatic rings. The molecule has 1 aliphatic rings. The van der Waals surface area contributed by atoms with E-state index in [0.717, 1.165) is 12.3 Å². The van der Waals surface area contributed by atoms with Crippen molar-refractivity contribution in [3.63, 3.8) is 0 Å². The van der Waals surface area contributed by atoms with Gasteiger partial charge in [0.15, 0.2) is 0 Å². The molecule has 0 spiro atoms. The van der Waals surface area contributed by atoms with E-state index in [4.69, 9.17) is 0 Å². The molecule has 1 atom stereocenters. The predicted octanol–water partition coefficient (Wildman–Crippen LogP) is 1.91. The average Bonchev–Trinajstić information content (AvgIpc) is 2.58. The Hall–Kier alpha value is -2.09. The molecular formula is C16H21F3N4O. The van der Waals surface area contributed by atoms with E-state index in [0.29, 0.717) is 38.5 Å². The van der Waals surface area contributed by atoms with Crippen molar-refractivity contribution in [3.8, 4) is 0 Å². The smallest absolute Gasteiger partial charge is 0.354 e.